The first kappa shape index (κ1) is 19.9. The fourth-order valence-corrected chi connectivity index (χ4v) is 4.31. The standard InChI is InChI=1S/C18H26INO3S/c1-13(16-11-10-15(19)17(21)23-16)20(24(22)18(2,3)4)12-14-8-6-5-7-9-14/h5-9,15-17,21H,1,10-12H2,2-4H3/t15?,16-,17?,24-/m0/s1. The number of hydrogen-bond donors (Lipinski definition) is 1. The molecule has 0 aliphatic carbocycles. The predicted molar refractivity (Wildman–Crippen MR) is 107 cm³/mol. The van der Waals surface area contributed by atoms with Gasteiger partial charge >= 0.3 is 0 Å². The normalized spacial score (nSPS) is 26.0. The van der Waals surface area contributed by atoms with Gasteiger partial charge in [-0.1, -0.05) is 59.5 Å². The zero-order valence-electron chi connectivity index (χ0n) is 14.4. The molecule has 1 N–H and O–H groups in total. The van der Waals surface area contributed by atoms with Crippen LogP contribution in [0.2, 0.25) is 0 Å². The molecule has 6 heteroatoms. The van der Waals surface area contributed by atoms with Gasteiger partial charge in [0.05, 0.1) is 15.2 Å². The van der Waals surface area contributed by atoms with E-state index in [1.807, 2.05) is 55.4 Å². The second-order valence-corrected chi connectivity index (χ2v) is 10.7. The Labute approximate surface area is 161 Å². The molecule has 1 fully saturated rings. The summed E-state index contributed by atoms with van der Waals surface area (Å²) in [5, 5.41) is 10.0. The molecule has 1 saturated heterocycles. The van der Waals surface area contributed by atoms with E-state index in [-0.39, 0.29) is 10.0 Å². The van der Waals surface area contributed by atoms with E-state index in [0.29, 0.717) is 12.2 Å². The van der Waals surface area contributed by atoms with Crippen LogP contribution in [0.1, 0.15) is 39.2 Å². The third kappa shape index (κ3) is 5.03. The van der Waals surface area contributed by atoms with Crippen molar-refractivity contribution in [2.45, 2.75) is 61.2 Å². The van der Waals surface area contributed by atoms with Crippen molar-refractivity contribution in [3.63, 3.8) is 0 Å². The lowest BCUT2D eigenvalue weighted by Gasteiger charge is -2.38. The van der Waals surface area contributed by atoms with Gasteiger partial charge in [0, 0.05) is 5.70 Å². The molecule has 24 heavy (non-hydrogen) atoms. The van der Waals surface area contributed by atoms with E-state index in [1.54, 1.807) is 0 Å². The van der Waals surface area contributed by atoms with Crippen LogP contribution in [0.5, 0.6) is 0 Å². The molecular formula is C18H26INO3S. The lowest BCUT2D eigenvalue weighted by Crippen LogP contribution is -2.43. The highest BCUT2D eigenvalue weighted by molar-refractivity contribution is 14.1. The Bertz CT molecular complexity index is 588. The van der Waals surface area contributed by atoms with Gasteiger partial charge in [-0.2, -0.15) is 0 Å². The summed E-state index contributed by atoms with van der Waals surface area (Å²) < 4.78 is 20.3. The number of hydrogen-bond acceptors (Lipinski definition) is 3. The Morgan fingerprint density at radius 2 is 2.00 bits per heavy atom. The Morgan fingerprint density at radius 1 is 1.38 bits per heavy atom. The molecule has 4 atom stereocenters. The van der Waals surface area contributed by atoms with Crippen molar-refractivity contribution in [1.29, 1.82) is 0 Å². The van der Waals surface area contributed by atoms with E-state index in [4.69, 9.17) is 4.74 Å². The van der Waals surface area contributed by atoms with E-state index in [9.17, 15) is 9.32 Å². The summed E-state index contributed by atoms with van der Waals surface area (Å²) in [5.41, 5.74) is 1.74. The van der Waals surface area contributed by atoms with E-state index >= 15 is 0 Å². The van der Waals surface area contributed by atoms with Crippen LogP contribution in [0.4, 0.5) is 0 Å². The fraction of sp³-hybridized carbons (Fsp3) is 0.556. The first-order chi connectivity index (χ1) is 11.2. The number of nitrogens with zero attached hydrogens (tertiary/aromatic N) is 1. The number of alkyl halides is 1. The van der Waals surface area contributed by atoms with Gasteiger partial charge in [-0.25, -0.2) is 4.21 Å². The third-order valence-electron chi connectivity index (χ3n) is 3.90. The minimum atomic E-state index is -1.26. The first-order valence-corrected chi connectivity index (χ1v) is 10.4. The minimum Gasteiger partial charge on any atom is -0.367 e. The van der Waals surface area contributed by atoms with Crippen LogP contribution in [0.25, 0.3) is 0 Å². The Morgan fingerprint density at radius 3 is 2.54 bits per heavy atom. The maximum absolute atomic E-state index is 13.1. The first-order valence-electron chi connectivity index (χ1n) is 8.10. The zero-order valence-corrected chi connectivity index (χ0v) is 17.4. The monoisotopic (exact) mass is 463 g/mol. The summed E-state index contributed by atoms with van der Waals surface area (Å²) in [6, 6.07) is 9.93. The number of rotatable bonds is 5. The maximum Gasteiger partial charge on any atom is 0.167 e. The lowest BCUT2D eigenvalue weighted by molar-refractivity contribution is -0.147. The molecule has 0 spiro atoms. The van der Waals surface area contributed by atoms with Crippen molar-refractivity contribution in [1.82, 2.24) is 4.31 Å². The summed E-state index contributed by atoms with van der Waals surface area (Å²) in [4.78, 5) is 0. The molecule has 4 nitrogen and oxygen atoms in total. The number of halogens is 1. The van der Waals surface area contributed by atoms with Crippen molar-refractivity contribution in [2.75, 3.05) is 0 Å². The Kier molecular flexibility index (Phi) is 6.87. The van der Waals surface area contributed by atoms with Crippen LogP contribution >= 0.6 is 22.6 Å². The third-order valence-corrected chi connectivity index (χ3v) is 6.95. The second-order valence-electron chi connectivity index (χ2n) is 6.98. The van der Waals surface area contributed by atoms with Crippen molar-refractivity contribution < 1.29 is 14.1 Å². The second kappa shape index (κ2) is 8.29. The molecule has 1 heterocycles. The summed E-state index contributed by atoms with van der Waals surface area (Å²) in [5.74, 6) is 0. The van der Waals surface area contributed by atoms with Crippen molar-refractivity contribution in [2.24, 2.45) is 0 Å². The molecule has 0 saturated carbocycles. The van der Waals surface area contributed by atoms with Gasteiger partial charge in [-0.05, 0) is 39.2 Å². The molecule has 1 aliphatic heterocycles. The van der Waals surface area contributed by atoms with Crippen molar-refractivity contribution >= 4 is 33.6 Å². The molecule has 0 aromatic heterocycles. The van der Waals surface area contributed by atoms with E-state index in [2.05, 4.69) is 29.2 Å². The lowest BCUT2D eigenvalue weighted by atomic mass is 10.1. The molecular weight excluding hydrogens is 437 g/mol. The van der Waals surface area contributed by atoms with Crippen LogP contribution in [-0.4, -0.2) is 34.7 Å². The largest absolute Gasteiger partial charge is 0.367 e. The molecule has 1 aliphatic rings. The maximum atomic E-state index is 13.1. The fourth-order valence-electron chi connectivity index (χ4n) is 2.53. The average Bonchev–Trinajstić information content (AvgIpc) is 2.54. The topological polar surface area (TPSA) is 49.8 Å². The summed E-state index contributed by atoms with van der Waals surface area (Å²) in [6.45, 7) is 10.5. The van der Waals surface area contributed by atoms with Crippen LogP contribution in [0.15, 0.2) is 42.6 Å². The SMILES string of the molecule is C=C([C@@H]1CCC(I)C(O)O1)N(Cc1ccccc1)[S@@](=O)C(C)(C)C. The Hall–Kier alpha value is -0.440. The summed E-state index contributed by atoms with van der Waals surface area (Å²) in [7, 11) is -1.26. The number of ether oxygens (including phenoxy) is 1. The van der Waals surface area contributed by atoms with E-state index < -0.39 is 22.0 Å². The summed E-state index contributed by atoms with van der Waals surface area (Å²) in [6.07, 6.45) is 0.520. The number of aliphatic hydroxyl groups is 1. The van der Waals surface area contributed by atoms with Crippen LogP contribution in [0, 0.1) is 0 Å². The van der Waals surface area contributed by atoms with Gasteiger partial charge in [0.1, 0.15) is 17.1 Å². The Balaban J connectivity index is 2.21. The predicted octanol–water partition coefficient (Wildman–Crippen LogP) is 3.77. The number of aliphatic hydroxyl groups excluding tert-OH is 1. The van der Waals surface area contributed by atoms with Gasteiger partial charge in [-0.3, -0.25) is 4.31 Å². The highest BCUT2D eigenvalue weighted by Crippen LogP contribution is 2.31. The molecule has 1 aromatic rings. The highest BCUT2D eigenvalue weighted by atomic mass is 127. The molecule has 1 aromatic carbocycles. The zero-order chi connectivity index (χ0) is 17.9. The van der Waals surface area contributed by atoms with Crippen LogP contribution in [0.3, 0.4) is 0 Å². The highest BCUT2D eigenvalue weighted by Gasteiger charge is 2.35. The molecule has 0 bridgehead atoms. The van der Waals surface area contributed by atoms with Gasteiger partial charge in [0.2, 0.25) is 0 Å². The van der Waals surface area contributed by atoms with Crippen LogP contribution < -0.4 is 0 Å². The quantitative estimate of drug-likeness (QED) is 0.535. The smallest absolute Gasteiger partial charge is 0.167 e. The molecule has 0 amide bonds. The molecule has 0 radical (unpaired) electrons. The average molecular weight is 463 g/mol. The van der Waals surface area contributed by atoms with Gasteiger partial charge < -0.3 is 9.84 Å². The molecule has 2 rings (SSSR count). The van der Waals surface area contributed by atoms with Gasteiger partial charge in [0.15, 0.2) is 6.29 Å². The van der Waals surface area contributed by atoms with E-state index in [1.165, 1.54) is 0 Å². The van der Waals surface area contributed by atoms with E-state index in [0.717, 1.165) is 18.4 Å². The van der Waals surface area contributed by atoms with Crippen molar-refractivity contribution in [3.05, 3.63) is 48.2 Å². The summed E-state index contributed by atoms with van der Waals surface area (Å²) >= 11 is 2.20. The number of benzene rings is 1. The van der Waals surface area contributed by atoms with Gasteiger partial charge in [-0.15, -0.1) is 0 Å². The minimum absolute atomic E-state index is 0.0855. The van der Waals surface area contributed by atoms with Gasteiger partial charge in [0.25, 0.3) is 0 Å². The molecule has 134 valence electrons. The molecule has 2 unspecified atom stereocenters. The van der Waals surface area contributed by atoms with Crippen molar-refractivity contribution in [3.8, 4) is 0 Å². The van der Waals surface area contributed by atoms with Crippen LogP contribution in [-0.2, 0) is 22.3 Å².